The van der Waals surface area contributed by atoms with Gasteiger partial charge in [-0.3, -0.25) is 10.1 Å². The summed E-state index contributed by atoms with van der Waals surface area (Å²) in [6.45, 7) is 2.74. The maximum atomic E-state index is 11.1. The van der Waals surface area contributed by atoms with E-state index in [1.807, 2.05) is 0 Å². The lowest BCUT2D eigenvalue weighted by Crippen LogP contribution is -2.37. The van der Waals surface area contributed by atoms with Crippen molar-refractivity contribution in [1.29, 1.82) is 0 Å². The van der Waals surface area contributed by atoms with Crippen LogP contribution in [0.2, 0.25) is 0 Å². The zero-order valence-corrected chi connectivity index (χ0v) is 10.0. The van der Waals surface area contributed by atoms with E-state index in [9.17, 15) is 9.59 Å². The molecule has 0 heterocycles. The van der Waals surface area contributed by atoms with E-state index in [2.05, 4.69) is 17.6 Å². The largest absolute Gasteiger partial charge is 0.341 e. The second-order valence-corrected chi connectivity index (χ2v) is 4.68. The summed E-state index contributed by atoms with van der Waals surface area (Å²) in [6.07, 6.45) is 1.30. The summed E-state index contributed by atoms with van der Waals surface area (Å²) in [5, 5.41) is 4.99. The molecule has 0 radical (unpaired) electrons. The molecule has 6 heteroatoms. The zero-order valence-electron chi connectivity index (χ0n) is 9.21. The molecule has 0 rings (SSSR count). The van der Waals surface area contributed by atoms with Crippen molar-refractivity contribution in [3.63, 3.8) is 0 Å². The quantitative estimate of drug-likeness (QED) is 0.616. The Kier molecular flexibility index (Phi) is 8.12. The van der Waals surface area contributed by atoms with Crippen LogP contribution in [0.15, 0.2) is 0 Å². The first-order chi connectivity index (χ1) is 7.10. The first-order valence-corrected chi connectivity index (χ1v) is 5.98. The summed E-state index contributed by atoms with van der Waals surface area (Å²) in [5.74, 6) is 0.464. The molecule has 0 fully saturated rings. The summed E-state index contributed by atoms with van der Waals surface area (Å²) in [6, 6.07) is -0.458. The number of hydrogen-bond donors (Lipinski definition) is 3. The lowest BCUT2D eigenvalue weighted by atomic mass is 10.3. The molecule has 15 heavy (non-hydrogen) atoms. The Labute approximate surface area is 94.5 Å². The van der Waals surface area contributed by atoms with Crippen LogP contribution in [0, 0.1) is 0 Å². The first-order valence-electron chi connectivity index (χ1n) is 4.93. The fourth-order valence-corrected chi connectivity index (χ4v) is 1.93. The van der Waals surface area contributed by atoms with E-state index in [0.29, 0.717) is 24.0 Å². The monoisotopic (exact) mass is 233 g/mol. The molecule has 0 spiro atoms. The highest BCUT2D eigenvalue weighted by Crippen LogP contribution is 2.13. The van der Waals surface area contributed by atoms with E-state index < -0.39 is 6.03 Å². The molecule has 88 valence electrons. The van der Waals surface area contributed by atoms with E-state index in [1.54, 1.807) is 11.8 Å². The number of thioether (sulfide) groups is 1. The van der Waals surface area contributed by atoms with Crippen molar-refractivity contribution >= 4 is 23.7 Å². The minimum atomic E-state index is -0.458. The molecular weight excluding hydrogens is 214 g/mol. The van der Waals surface area contributed by atoms with Gasteiger partial charge in [0.2, 0.25) is 5.91 Å². The number of nitrogens with one attached hydrogen (secondary N) is 2. The van der Waals surface area contributed by atoms with Crippen LogP contribution in [0.3, 0.4) is 0 Å². The van der Waals surface area contributed by atoms with Crippen molar-refractivity contribution in [2.45, 2.75) is 25.0 Å². The van der Waals surface area contributed by atoms with Crippen molar-refractivity contribution in [3.05, 3.63) is 0 Å². The minimum absolute atomic E-state index is 0.248. The first kappa shape index (κ1) is 14.2. The molecule has 0 aliphatic carbocycles. The van der Waals surface area contributed by atoms with Crippen LogP contribution in [-0.4, -0.2) is 36.5 Å². The number of carbonyl (C=O) groups is 2. The average Bonchev–Trinajstić information content (AvgIpc) is 2.18. The van der Waals surface area contributed by atoms with Crippen molar-refractivity contribution in [2.24, 2.45) is 5.73 Å². The van der Waals surface area contributed by atoms with Gasteiger partial charge in [-0.05, 0) is 13.0 Å². The van der Waals surface area contributed by atoms with E-state index in [-0.39, 0.29) is 5.91 Å². The number of imide groups is 1. The van der Waals surface area contributed by atoms with Crippen LogP contribution in [-0.2, 0) is 4.79 Å². The maximum Gasteiger partial charge on any atom is 0.321 e. The van der Waals surface area contributed by atoms with Crippen LogP contribution in [0.4, 0.5) is 4.79 Å². The molecule has 0 aromatic heterocycles. The molecule has 0 saturated carbocycles. The Morgan fingerprint density at radius 3 is 2.67 bits per heavy atom. The second-order valence-electron chi connectivity index (χ2n) is 3.14. The van der Waals surface area contributed by atoms with E-state index >= 15 is 0 Å². The third-order valence-corrected chi connectivity index (χ3v) is 3.03. The standard InChI is InChI=1S/C9H19N3O2S/c1-7(3-5-10)15-6-4-8(13)12-9(14)11-2/h7H,3-6,10H2,1-2H3,(H2,11,12,13,14). The van der Waals surface area contributed by atoms with Crippen LogP contribution < -0.4 is 16.4 Å². The van der Waals surface area contributed by atoms with E-state index in [1.165, 1.54) is 7.05 Å². The molecule has 0 aromatic rings. The number of nitrogens with two attached hydrogens (primary N) is 1. The van der Waals surface area contributed by atoms with Gasteiger partial charge in [0.15, 0.2) is 0 Å². The van der Waals surface area contributed by atoms with Crippen molar-refractivity contribution < 1.29 is 9.59 Å². The van der Waals surface area contributed by atoms with Crippen LogP contribution >= 0.6 is 11.8 Å². The smallest absolute Gasteiger partial charge is 0.321 e. The Bertz CT molecular complexity index is 212. The molecule has 0 aliphatic heterocycles. The van der Waals surface area contributed by atoms with Gasteiger partial charge in [0, 0.05) is 24.5 Å². The fraction of sp³-hybridized carbons (Fsp3) is 0.778. The molecule has 1 atom stereocenters. The zero-order chi connectivity index (χ0) is 11.7. The number of amides is 3. The molecule has 0 aliphatic rings. The predicted molar refractivity (Wildman–Crippen MR) is 62.8 cm³/mol. The Balaban J connectivity index is 3.50. The second kappa shape index (κ2) is 8.55. The lowest BCUT2D eigenvalue weighted by Gasteiger charge is -2.08. The summed E-state index contributed by atoms with van der Waals surface area (Å²) in [7, 11) is 1.47. The molecule has 0 saturated heterocycles. The highest BCUT2D eigenvalue weighted by Gasteiger charge is 2.07. The third-order valence-electron chi connectivity index (χ3n) is 1.78. The van der Waals surface area contributed by atoms with Gasteiger partial charge in [-0.1, -0.05) is 6.92 Å². The van der Waals surface area contributed by atoms with Crippen LogP contribution in [0.25, 0.3) is 0 Å². The van der Waals surface area contributed by atoms with Crippen LogP contribution in [0.5, 0.6) is 0 Å². The van der Waals surface area contributed by atoms with Crippen molar-refractivity contribution in [1.82, 2.24) is 10.6 Å². The van der Waals surface area contributed by atoms with Gasteiger partial charge in [-0.15, -0.1) is 0 Å². The number of hydrogen-bond acceptors (Lipinski definition) is 4. The topological polar surface area (TPSA) is 84.2 Å². The normalized spacial score (nSPS) is 11.9. The summed E-state index contributed by atoms with van der Waals surface area (Å²) in [4.78, 5) is 21.9. The summed E-state index contributed by atoms with van der Waals surface area (Å²) in [5.41, 5.74) is 5.40. The van der Waals surface area contributed by atoms with Gasteiger partial charge in [-0.2, -0.15) is 11.8 Å². The summed E-state index contributed by atoms with van der Waals surface area (Å²) < 4.78 is 0. The molecule has 4 N–H and O–H groups in total. The molecule has 5 nitrogen and oxygen atoms in total. The van der Waals surface area contributed by atoms with Crippen molar-refractivity contribution in [3.8, 4) is 0 Å². The maximum absolute atomic E-state index is 11.1. The Morgan fingerprint density at radius 2 is 2.13 bits per heavy atom. The average molecular weight is 233 g/mol. The molecule has 0 bridgehead atoms. The predicted octanol–water partition coefficient (Wildman–Crippen LogP) is 0.303. The summed E-state index contributed by atoms with van der Waals surface area (Å²) >= 11 is 1.69. The number of rotatable bonds is 6. The molecular formula is C9H19N3O2S. The lowest BCUT2D eigenvalue weighted by molar-refractivity contribution is -0.119. The van der Waals surface area contributed by atoms with Gasteiger partial charge in [0.05, 0.1) is 0 Å². The van der Waals surface area contributed by atoms with Crippen molar-refractivity contribution in [2.75, 3.05) is 19.3 Å². The van der Waals surface area contributed by atoms with E-state index in [4.69, 9.17) is 5.73 Å². The molecule has 1 unspecified atom stereocenters. The highest BCUT2D eigenvalue weighted by molar-refractivity contribution is 7.99. The fourth-order valence-electron chi connectivity index (χ4n) is 0.922. The minimum Gasteiger partial charge on any atom is -0.341 e. The third kappa shape index (κ3) is 8.26. The van der Waals surface area contributed by atoms with Gasteiger partial charge in [-0.25, -0.2) is 4.79 Å². The molecule has 0 aromatic carbocycles. The van der Waals surface area contributed by atoms with Gasteiger partial charge in [0.25, 0.3) is 0 Å². The van der Waals surface area contributed by atoms with Gasteiger partial charge in [0.1, 0.15) is 0 Å². The molecule has 3 amide bonds. The van der Waals surface area contributed by atoms with Gasteiger partial charge >= 0.3 is 6.03 Å². The Hall–Kier alpha value is -0.750. The highest BCUT2D eigenvalue weighted by atomic mass is 32.2. The number of carbonyl (C=O) groups excluding carboxylic acids is 2. The SMILES string of the molecule is CNC(=O)NC(=O)CCSC(C)CCN. The van der Waals surface area contributed by atoms with Gasteiger partial charge < -0.3 is 11.1 Å². The van der Waals surface area contributed by atoms with Crippen LogP contribution in [0.1, 0.15) is 19.8 Å². The Morgan fingerprint density at radius 1 is 1.47 bits per heavy atom. The number of urea groups is 1. The van der Waals surface area contributed by atoms with E-state index in [0.717, 1.165) is 6.42 Å².